The third-order valence-corrected chi connectivity index (χ3v) is 3.80. The summed E-state index contributed by atoms with van der Waals surface area (Å²) in [7, 11) is 0.679. The zero-order valence-corrected chi connectivity index (χ0v) is 8.51. The van der Waals surface area contributed by atoms with Crippen molar-refractivity contribution in [3.05, 3.63) is 18.3 Å². The van der Waals surface area contributed by atoms with Gasteiger partial charge in [-0.25, -0.2) is 4.45 Å². The van der Waals surface area contributed by atoms with Crippen LogP contribution in [-0.4, -0.2) is 25.3 Å². The topological polar surface area (TPSA) is 50.9 Å². The number of hydrogen-bond donors (Lipinski definition) is 1. The number of hydrogen-bond acceptors (Lipinski definition) is 3. The number of pyridine rings is 1. The maximum absolute atomic E-state index is 9.27. The first kappa shape index (κ1) is 8.18. The molecule has 0 saturated heterocycles. The average Bonchev–Trinajstić information content (AvgIpc) is 2.90. The molecule has 0 aliphatic heterocycles. The van der Waals surface area contributed by atoms with Gasteiger partial charge in [0.15, 0.2) is 5.65 Å². The SMILES string of the molecule is Oc1ccc2cnn(PC3CC3)c2n1. The molecule has 1 N–H and O–H groups in total. The summed E-state index contributed by atoms with van der Waals surface area (Å²) in [6.45, 7) is 0. The Kier molecular flexibility index (Phi) is 1.71. The fourth-order valence-electron chi connectivity index (χ4n) is 1.37. The van der Waals surface area contributed by atoms with Crippen LogP contribution in [0.2, 0.25) is 0 Å². The third kappa shape index (κ3) is 1.36. The minimum Gasteiger partial charge on any atom is -0.493 e. The van der Waals surface area contributed by atoms with Gasteiger partial charge in [0.1, 0.15) is 0 Å². The molecule has 5 heteroatoms. The van der Waals surface area contributed by atoms with Gasteiger partial charge in [-0.15, -0.1) is 0 Å². The van der Waals surface area contributed by atoms with E-state index in [0.29, 0.717) is 8.73 Å². The molecule has 1 aliphatic carbocycles. The van der Waals surface area contributed by atoms with Crippen LogP contribution in [0.1, 0.15) is 12.8 Å². The Morgan fingerprint density at radius 3 is 3.07 bits per heavy atom. The molecule has 1 aliphatic rings. The standard InChI is InChI=1S/C9H10N3OP/c13-8-4-1-6-5-10-12(9(6)11-8)14-7-2-3-7/h1,4-5,7,14H,2-3H2,(H,11,13). The maximum Gasteiger partial charge on any atom is 0.212 e. The van der Waals surface area contributed by atoms with Gasteiger partial charge in [-0.2, -0.15) is 10.1 Å². The van der Waals surface area contributed by atoms with Crippen molar-refractivity contribution >= 4 is 19.8 Å². The van der Waals surface area contributed by atoms with Gasteiger partial charge in [0.25, 0.3) is 0 Å². The highest BCUT2D eigenvalue weighted by atomic mass is 31.1. The lowest BCUT2D eigenvalue weighted by molar-refractivity contribution is 0.455. The maximum atomic E-state index is 9.27. The molecule has 2 aromatic rings. The van der Waals surface area contributed by atoms with Crippen LogP contribution in [0.3, 0.4) is 0 Å². The van der Waals surface area contributed by atoms with Crippen LogP contribution in [-0.2, 0) is 0 Å². The van der Waals surface area contributed by atoms with Gasteiger partial charge in [0.05, 0.1) is 6.20 Å². The normalized spacial score (nSPS) is 17.1. The minimum absolute atomic E-state index is 0.0693. The van der Waals surface area contributed by atoms with Crippen LogP contribution in [0.5, 0.6) is 5.88 Å². The summed E-state index contributed by atoms with van der Waals surface area (Å²) >= 11 is 0. The van der Waals surface area contributed by atoms with Crippen molar-refractivity contribution in [2.24, 2.45) is 0 Å². The molecular formula is C9H10N3OP. The summed E-state index contributed by atoms with van der Waals surface area (Å²) in [6.07, 6.45) is 4.41. The second-order valence-corrected chi connectivity index (χ2v) is 5.04. The third-order valence-electron chi connectivity index (χ3n) is 2.29. The van der Waals surface area contributed by atoms with Gasteiger partial charge in [0, 0.05) is 20.2 Å². The fraction of sp³-hybridized carbons (Fsp3) is 0.333. The highest BCUT2D eigenvalue weighted by Crippen LogP contribution is 2.40. The molecule has 2 aromatic heterocycles. The number of aromatic hydroxyl groups is 1. The molecule has 14 heavy (non-hydrogen) atoms. The Morgan fingerprint density at radius 2 is 2.29 bits per heavy atom. The van der Waals surface area contributed by atoms with E-state index in [2.05, 4.69) is 10.1 Å². The smallest absolute Gasteiger partial charge is 0.212 e. The Balaban J connectivity index is 2.08. The Hall–Kier alpha value is -1.15. The summed E-state index contributed by atoms with van der Waals surface area (Å²) in [4.78, 5) is 4.08. The lowest BCUT2D eigenvalue weighted by Gasteiger charge is -2.00. The predicted octanol–water partition coefficient (Wildman–Crippen LogP) is 1.74. The Morgan fingerprint density at radius 1 is 1.43 bits per heavy atom. The monoisotopic (exact) mass is 207 g/mol. The summed E-state index contributed by atoms with van der Waals surface area (Å²) in [5.41, 5.74) is 1.59. The highest BCUT2D eigenvalue weighted by Gasteiger charge is 2.23. The Bertz CT molecular complexity index is 478. The number of nitrogens with zero attached hydrogens (tertiary/aromatic N) is 3. The second kappa shape index (κ2) is 2.92. The largest absolute Gasteiger partial charge is 0.493 e. The zero-order chi connectivity index (χ0) is 9.54. The van der Waals surface area contributed by atoms with Crippen molar-refractivity contribution in [2.75, 3.05) is 0 Å². The van der Waals surface area contributed by atoms with Gasteiger partial charge in [0.2, 0.25) is 5.88 Å². The highest BCUT2D eigenvalue weighted by molar-refractivity contribution is 7.37. The molecule has 0 radical (unpaired) electrons. The van der Waals surface area contributed by atoms with Crippen LogP contribution in [0, 0.1) is 0 Å². The van der Waals surface area contributed by atoms with Crippen LogP contribution in [0.25, 0.3) is 11.0 Å². The molecule has 2 heterocycles. The molecule has 1 atom stereocenters. The first-order chi connectivity index (χ1) is 6.83. The van der Waals surface area contributed by atoms with Crippen molar-refractivity contribution in [1.29, 1.82) is 0 Å². The molecule has 1 fully saturated rings. The van der Waals surface area contributed by atoms with Crippen molar-refractivity contribution < 1.29 is 5.11 Å². The van der Waals surface area contributed by atoms with Crippen molar-refractivity contribution in [1.82, 2.24) is 14.5 Å². The molecule has 72 valence electrons. The predicted molar refractivity (Wildman–Crippen MR) is 55.9 cm³/mol. The van der Waals surface area contributed by atoms with E-state index in [1.807, 2.05) is 10.5 Å². The van der Waals surface area contributed by atoms with E-state index in [1.54, 1.807) is 12.3 Å². The molecule has 0 amide bonds. The molecule has 0 bridgehead atoms. The lowest BCUT2D eigenvalue weighted by atomic mass is 10.4. The van der Waals surface area contributed by atoms with Gasteiger partial charge in [-0.3, -0.25) is 0 Å². The van der Waals surface area contributed by atoms with Gasteiger partial charge >= 0.3 is 0 Å². The van der Waals surface area contributed by atoms with E-state index >= 15 is 0 Å². The summed E-state index contributed by atoms with van der Waals surface area (Å²) in [5.74, 6) is 0.0693. The van der Waals surface area contributed by atoms with Gasteiger partial charge < -0.3 is 5.11 Å². The second-order valence-electron chi connectivity index (χ2n) is 3.54. The number of rotatable bonds is 2. The van der Waals surface area contributed by atoms with E-state index in [4.69, 9.17) is 0 Å². The molecule has 4 nitrogen and oxygen atoms in total. The van der Waals surface area contributed by atoms with Crippen LogP contribution in [0.15, 0.2) is 18.3 Å². The van der Waals surface area contributed by atoms with E-state index in [1.165, 1.54) is 12.8 Å². The first-order valence-electron chi connectivity index (χ1n) is 4.63. The quantitative estimate of drug-likeness (QED) is 0.763. The summed E-state index contributed by atoms with van der Waals surface area (Å²) in [6, 6.07) is 3.44. The Labute approximate surface area is 82.8 Å². The molecule has 3 rings (SSSR count). The van der Waals surface area contributed by atoms with E-state index in [0.717, 1.165) is 16.7 Å². The molecule has 1 unspecified atom stereocenters. The molecule has 1 saturated carbocycles. The number of aromatic nitrogens is 3. The first-order valence-corrected chi connectivity index (χ1v) is 5.66. The lowest BCUT2D eigenvalue weighted by Crippen LogP contribution is -1.90. The van der Waals surface area contributed by atoms with Crippen molar-refractivity contribution in [3.8, 4) is 5.88 Å². The minimum atomic E-state index is 0.0693. The van der Waals surface area contributed by atoms with Gasteiger partial charge in [-0.05, 0) is 24.6 Å². The van der Waals surface area contributed by atoms with Crippen molar-refractivity contribution in [3.63, 3.8) is 0 Å². The fourth-order valence-corrected chi connectivity index (χ4v) is 2.57. The zero-order valence-electron chi connectivity index (χ0n) is 7.51. The van der Waals surface area contributed by atoms with Gasteiger partial charge in [-0.1, -0.05) is 0 Å². The van der Waals surface area contributed by atoms with E-state index in [9.17, 15) is 5.11 Å². The molecule has 0 spiro atoms. The van der Waals surface area contributed by atoms with E-state index < -0.39 is 0 Å². The summed E-state index contributed by atoms with van der Waals surface area (Å²) in [5, 5.41) is 14.5. The van der Waals surface area contributed by atoms with Crippen LogP contribution < -0.4 is 0 Å². The van der Waals surface area contributed by atoms with Crippen LogP contribution >= 0.6 is 8.73 Å². The summed E-state index contributed by atoms with van der Waals surface area (Å²) < 4.78 is 1.91. The number of fused-ring (bicyclic) bond motifs is 1. The molecule has 0 aromatic carbocycles. The molecular weight excluding hydrogens is 197 g/mol. The van der Waals surface area contributed by atoms with Crippen LogP contribution in [0.4, 0.5) is 0 Å². The van der Waals surface area contributed by atoms with E-state index in [-0.39, 0.29) is 5.88 Å². The van der Waals surface area contributed by atoms with Crippen molar-refractivity contribution in [2.45, 2.75) is 18.5 Å². The average molecular weight is 207 g/mol.